The van der Waals surface area contributed by atoms with Gasteiger partial charge in [0.25, 0.3) is 5.91 Å². The SMILES string of the molecule is O=C(Nc1ccc2c(c1)CCN2C(=O)c1ccccc1)C1CCCCC1. The van der Waals surface area contributed by atoms with Crippen molar-refractivity contribution in [3.8, 4) is 0 Å². The predicted octanol–water partition coefficient (Wildman–Crippen LogP) is 4.41. The zero-order chi connectivity index (χ0) is 17.9. The third-order valence-corrected chi connectivity index (χ3v) is 5.48. The van der Waals surface area contributed by atoms with E-state index in [9.17, 15) is 9.59 Å². The minimum atomic E-state index is 0.0309. The molecule has 134 valence electrons. The van der Waals surface area contributed by atoms with Gasteiger partial charge in [0.1, 0.15) is 0 Å². The minimum Gasteiger partial charge on any atom is -0.326 e. The smallest absolute Gasteiger partial charge is 0.258 e. The third-order valence-electron chi connectivity index (χ3n) is 5.48. The number of anilines is 2. The molecule has 0 bridgehead atoms. The van der Waals surface area contributed by atoms with Crippen LogP contribution in [-0.4, -0.2) is 18.4 Å². The number of amides is 2. The van der Waals surface area contributed by atoms with Gasteiger partial charge in [-0.3, -0.25) is 9.59 Å². The van der Waals surface area contributed by atoms with Gasteiger partial charge in [0.2, 0.25) is 5.91 Å². The maximum absolute atomic E-state index is 12.7. The van der Waals surface area contributed by atoms with Crippen LogP contribution in [0.3, 0.4) is 0 Å². The lowest BCUT2D eigenvalue weighted by molar-refractivity contribution is -0.120. The summed E-state index contributed by atoms with van der Waals surface area (Å²) in [7, 11) is 0. The van der Waals surface area contributed by atoms with Crippen molar-refractivity contribution in [2.24, 2.45) is 5.92 Å². The van der Waals surface area contributed by atoms with Gasteiger partial charge >= 0.3 is 0 Å². The highest BCUT2D eigenvalue weighted by Crippen LogP contribution is 2.32. The zero-order valence-electron chi connectivity index (χ0n) is 14.9. The van der Waals surface area contributed by atoms with E-state index in [2.05, 4.69) is 5.32 Å². The Morgan fingerprint density at radius 3 is 2.50 bits per heavy atom. The minimum absolute atomic E-state index is 0.0309. The molecular weight excluding hydrogens is 324 g/mol. The van der Waals surface area contributed by atoms with Crippen LogP contribution in [0.2, 0.25) is 0 Å². The van der Waals surface area contributed by atoms with Crippen LogP contribution in [0.4, 0.5) is 11.4 Å². The molecule has 0 spiro atoms. The number of hydrogen-bond acceptors (Lipinski definition) is 2. The van der Waals surface area contributed by atoms with Gasteiger partial charge in [-0.2, -0.15) is 0 Å². The van der Waals surface area contributed by atoms with Gasteiger partial charge in [0.05, 0.1) is 0 Å². The van der Waals surface area contributed by atoms with Crippen LogP contribution in [0.25, 0.3) is 0 Å². The fourth-order valence-electron chi connectivity index (χ4n) is 4.04. The van der Waals surface area contributed by atoms with Crippen LogP contribution in [0, 0.1) is 5.92 Å². The van der Waals surface area contributed by atoms with E-state index in [0.29, 0.717) is 12.1 Å². The first-order valence-electron chi connectivity index (χ1n) is 9.53. The number of benzene rings is 2. The molecule has 1 heterocycles. The summed E-state index contributed by atoms with van der Waals surface area (Å²) in [5.41, 5.74) is 3.62. The molecule has 4 nitrogen and oxygen atoms in total. The van der Waals surface area contributed by atoms with Crippen molar-refractivity contribution >= 4 is 23.2 Å². The summed E-state index contributed by atoms with van der Waals surface area (Å²) < 4.78 is 0. The number of rotatable bonds is 3. The molecule has 0 atom stereocenters. The summed E-state index contributed by atoms with van der Waals surface area (Å²) >= 11 is 0. The van der Waals surface area contributed by atoms with Crippen LogP contribution >= 0.6 is 0 Å². The lowest BCUT2D eigenvalue weighted by Crippen LogP contribution is -2.28. The number of carbonyl (C=O) groups excluding carboxylic acids is 2. The summed E-state index contributed by atoms with van der Waals surface area (Å²) in [4.78, 5) is 27.0. The van der Waals surface area contributed by atoms with Gasteiger partial charge in [-0.1, -0.05) is 37.5 Å². The number of nitrogens with one attached hydrogen (secondary N) is 1. The molecule has 1 fully saturated rings. The second kappa shape index (κ2) is 7.32. The molecule has 4 rings (SSSR count). The Balaban J connectivity index is 1.48. The highest BCUT2D eigenvalue weighted by molar-refractivity contribution is 6.07. The van der Waals surface area contributed by atoms with Gasteiger partial charge < -0.3 is 10.2 Å². The van der Waals surface area contributed by atoms with Crippen molar-refractivity contribution in [1.82, 2.24) is 0 Å². The number of hydrogen-bond donors (Lipinski definition) is 1. The summed E-state index contributed by atoms with van der Waals surface area (Å²) in [6.07, 6.45) is 6.36. The summed E-state index contributed by atoms with van der Waals surface area (Å²) in [5, 5.41) is 3.07. The quantitative estimate of drug-likeness (QED) is 0.893. The fourth-order valence-corrected chi connectivity index (χ4v) is 4.04. The Morgan fingerprint density at radius 1 is 0.962 bits per heavy atom. The van der Waals surface area contributed by atoms with E-state index >= 15 is 0 Å². The van der Waals surface area contributed by atoms with E-state index in [-0.39, 0.29) is 17.7 Å². The number of fused-ring (bicyclic) bond motifs is 1. The zero-order valence-corrected chi connectivity index (χ0v) is 14.9. The van der Waals surface area contributed by atoms with Crippen LogP contribution in [0.15, 0.2) is 48.5 Å². The lowest BCUT2D eigenvalue weighted by atomic mass is 9.88. The molecule has 0 aromatic heterocycles. The Morgan fingerprint density at radius 2 is 1.73 bits per heavy atom. The van der Waals surface area contributed by atoms with E-state index < -0.39 is 0 Å². The second-order valence-electron chi connectivity index (χ2n) is 7.24. The summed E-state index contributed by atoms with van der Waals surface area (Å²) in [6, 6.07) is 15.3. The average molecular weight is 348 g/mol. The van der Waals surface area contributed by atoms with Crippen molar-refractivity contribution in [3.63, 3.8) is 0 Å². The molecule has 2 aliphatic rings. The second-order valence-corrected chi connectivity index (χ2v) is 7.24. The molecule has 1 saturated carbocycles. The molecule has 2 amide bonds. The van der Waals surface area contributed by atoms with Crippen molar-refractivity contribution in [1.29, 1.82) is 0 Å². The first-order chi connectivity index (χ1) is 12.7. The molecule has 4 heteroatoms. The van der Waals surface area contributed by atoms with Gasteiger partial charge in [0, 0.05) is 29.4 Å². The molecule has 0 radical (unpaired) electrons. The predicted molar refractivity (Wildman–Crippen MR) is 103 cm³/mol. The molecular formula is C22H24N2O2. The van der Waals surface area contributed by atoms with Gasteiger partial charge in [0.15, 0.2) is 0 Å². The highest BCUT2D eigenvalue weighted by atomic mass is 16.2. The first kappa shape index (κ1) is 16.8. The molecule has 2 aromatic rings. The molecule has 1 aliphatic heterocycles. The monoisotopic (exact) mass is 348 g/mol. The summed E-state index contributed by atoms with van der Waals surface area (Å²) in [6.45, 7) is 0.684. The molecule has 0 unspecified atom stereocenters. The standard InChI is InChI=1S/C22H24N2O2/c25-21(16-7-3-1-4-8-16)23-19-11-12-20-18(15-19)13-14-24(20)22(26)17-9-5-2-6-10-17/h2,5-6,9-12,15-16H,1,3-4,7-8,13-14H2,(H,23,25). The molecule has 26 heavy (non-hydrogen) atoms. The molecule has 2 aromatic carbocycles. The van der Waals surface area contributed by atoms with E-state index in [1.807, 2.05) is 53.4 Å². The molecule has 1 N–H and O–H groups in total. The van der Waals surface area contributed by atoms with Gasteiger partial charge in [-0.05, 0) is 55.2 Å². The third kappa shape index (κ3) is 3.36. The van der Waals surface area contributed by atoms with Crippen LogP contribution < -0.4 is 10.2 Å². The van der Waals surface area contributed by atoms with Crippen LogP contribution in [-0.2, 0) is 11.2 Å². The maximum atomic E-state index is 12.7. The summed E-state index contributed by atoms with van der Waals surface area (Å²) in [5.74, 6) is 0.316. The first-order valence-corrected chi connectivity index (χ1v) is 9.53. The van der Waals surface area contributed by atoms with E-state index in [0.717, 1.165) is 49.0 Å². The Labute approximate surface area is 154 Å². The average Bonchev–Trinajstić information content (AvgIpc) is 3.12. The van der Waals surface area contributed by atoms with Crippen molar-refractivity contribution < 1.29 is 9.59 Å². The van der Waals surface area contributed by atoms with E-state index in [1.165, 1.54) is 6.42 Å². The lowest BCUT2D eigenvalue weighted by Gasteiger charge is -2.21. The number of nitrogens with zero attached hydrogens (tertiary/aromatic N) is 1. The highest BCUT2D eigenvalue weighted by Gasteiger charge is 2.26. The van der Waals surface area contributed by atoms with Crippen molar-refractivity contribution in [2.45, 2.75) is 38.5 Å². The van der Waals surface area contributed by atoms with Crippen molar-refractivity contribution in [2.75, 3.05) is 16.8 Å². The largest absolute Gasteiger partial charge is 0.326 e. The van der Waals surface area contributed by atoms with Crippen LogP contribution in [0.5, 0.6) is 0 Å². The van der Waals surface area contributed by atoms with Crippen molar-refractivity contribution in [3.05, 3.63) is 59.7 Å². The normalized spacial score (nSPS) is 17.0. The Hall–Kier alpha value is -2.62. The van der Waals surface area contributed by atoms with E-state index in [4.69, 9.17) is 0 Å². The van der Waals surface area contributed by atoms with E-state index in [1.54, 1.807) is 0 Å². The van der Waals surface area contributed by atoms with Crippen LogP contribution in [0.1, 0.15) is 48.0 Å². The number of carbonyl (C=O) groups is 2. The fraction of sp³-hybridized carbons (Fsp3) is 0.364. The molecule has 0 saturated heterocycles. The Bertz CT molecular complexity index is 810. The topological polar surface area (TPSA) is 49.4 Å². The maximum Gasteiger partial charge on any atom is 0.258 e. The van der Waals surface area contributed by atoms with Gasteiger partial charge in [-0.15, -0.1) is 0 Å². The van der Waals surface area contributed by atoms with Gasteiger partial charge in [-0.25, -0.2) is 0 Å². The Kier molecular flexibility index (Phi) is 4.74. The molecule has 1 aliphatic carbocycles.